The van der Waals surface area contributed by atoms with E-state index < -0.39 is 21.8 Å². The largest absolute Gasteiger partial charge is 0.348 e. The Hall–Kier alpha value is -2.71. The van der Waals surface area contributed by atoms with Crippen molar-refractivity contribution in [1.82, 2.24) is 14.9 Å². The maximum atomic E-state index is 13.1. The molecule has 7 nitrogen and oxygen atoms in total. The normalized spacial score (nSPS) is 17.1. The molecule has 1 atom stereocenters. The van der Waals surface area contributed by atoms with Gasteiger partial charge >= 0.3 is 11.8 Å². The highest BCUT2D eigenvalue weighted by Gasteiger charge is 2.33. The number of carbonyl (C=O) groups is 2. The third-order valence-corrected chi connectivity index (χ3v) is 7.43. The molecule has 0 aliphatic carbocycles. The first-order valence-corrected chi connectivity index (χ1v) is 12.0. The monoisotopic (exact) mass is 443 g/mol. The molecule has 0 bridgehead atoms. The van der Waals surface area contributed by atoms with Crippen LogP contribution in [0.25, 0.3) is 0 Å². The first kappa shape index (κ1) is 23.0. The summed E-state index contributed by atoms with van der Waals surface area (Å²) in [6.45, 7) is 2.89. The fourth-order valence-corrected chi connectivity index (χ4v) is 5.44. The molecule has 0 radical (unpaired) electrons. The van der Waals surface area contributed by atoms with Gasteiger partial charge in [-0.25, -0.2) is 8.42 Å². The van der Waals surface area contributed by atoms with Gasteiger partial charge in [0.15, 0.2) is 0 Å². The molecule has 1 fully saturated rings. The molecule has 0 spiro atoms. The van der Waals surface area contributed by atoms with E-state index in [1.54, 1.807) is 28.6 Å². The van der Waals surface area contributed by atoms with Crippen LogP contribution in [0.1, 0.15) is 36.8 Å². The summed E-state index contributed by atoms with van der Waals surface area (Å²) in [5.41, 5.74) is 1.91. The number of hydrogen-bond donors (Lipinski definition) is 2. The summed E-state index contributed by atoms with van der Waals surface area (Å²) in [5.74, 6) is -1.41. The molecule has 31 heavy (non-hydrogen) atoms. The number of benzene rings is 2. The van der Waals surface area contributed by atoms with Gasteiger partial charge in [-0.2, -0.15) is 4.31 Å². The van der Waals surface area contributed by atoms with Crippen molar-refractivity contribution in [1.29, 1.82) is 0 Å². The van der Waals surface area contributed by atoms with Crippen molar-refractivity contribution in [3.63, 3.8) is 0 Å². The second kappa shape index (κ2) is 10.5. The van der Waals surface area contributed by atoms with Gasteiger partial charge in [-0.1, -0.05) is 54.4 Å². The first-order chi connectivity index (χ1) is 14.9. The van der Waals surface area contributed by atoms with E-state index >= 15 is 0 Å². The Morgan fingerprint density at radius 2 is 1.65 bits per heavy atom. The van der Waals surface area contributed by atoms with Gasteiger partial charge in [0, 0.05) is 25.7 Å². The van der Waals surface area contributed by atoms with Crippen LogP contribution in [0.15, 0.2) is 59.5 Å². The molecule has 1 aliphatic rings. The van der Waals surface area contributed by atoms with E-state index in [1.807, 2.05) is 37.3 Å². The summed E-state index contributed by atoms with van der Waals surface area (Å²) >= 11 is 0. The maximum Gasteiger partial charge on any atom is 0.309 e. The predicted molar refractivity (Wildman–Crippen MR) is 119 cm³/mol. The lowest BCUT2D eigenvalue weighted by Gasteiger charge is -2.34. The van der Waals surface area contributed by atoms with Crippen LogP contribution in [0.5, 0.6) is 0 Å². The third kappa shape index (κ3) is 6.15. The number of nitrogens with zero attached hydrogens (tertiary/aromatic N) is 1. The van der Waals surface area contributed by atoms with Crippen LogP contribution in [-0.2, 0) is 26.2 Å². The summed E-state index contributed by atoms with van der Waals surface area (Å²) in [6, 6.07) is 16.0. The number of hydrogen-bond acceptors (Lipinski definition) is 4. The Balaban J connectivity index is 1.52. The maximum absolute atomic E-state index is 13.1. The highest BCUT2D eigenvalue weighted by Crippen LogP contribution is 2.27. The van der Waals surface area contributed by atoms with Crippen LogP contribution in [0, 0.1) is 6.92 Å². The van der Waals surface area contributed by atoms with Gasteiger partial charge in [0.2, 0.25) is 10.0 Å². The number of piperidine rings is 1. The molecule has 2 aromatic carbocycles. The second-order valence-electron chi connectivity index (χ2n) is 7.79. The predicted octanol–water partition coefficient (Wildman–Crippen LogP) is 2.36. The minimum atomic E-state index is -3.59. The van der Waals surface area contributed by atoms with Crippen molar-refractivity contribution in [2.45, 2.75) is 50.1 Å². The molecule has 1 heterocycles. The molecule has 8 heteroatoms. The zero-order valence-corrected chi connectivity index (χ0v) is 18.5. The van der Waals surface area contributed by atoms with E-state index in [0.29, 0.717) is 13.0 Å². The first-order valence-electron chi connectivity index (χ1n) is 10.6. The van der Waals surface area contributed by atoms with E-state index in [4.69, 9.17) is 0 Å². The molecular weight excluding hydrogens is 414 g/mol. The number of carbonyl (C=O) groups excluding carboxylic acids is 2. The fraction of sp³-hybridized carbons (Fsp3) is 0.391. The third-order valence-electron chi connectivity index (χ3n) is 5.47. The molecule has 166 valence electrons. The number of sulfonamides is 1. The van der Waals surface area contributed by atoms with E-state index in [-0.39, 0.29) is 24.0 Å². The second-order valence-corrected chi connectivity index (χ2v) is 9.68. The quantitative estimate of drug-likeness (QED) is 0.642. The average Bonchev–Trinajstić information content (AvgIpc) is 2.78. The van der Waals surface area contributed by atoms with E-state index in [0.717, 1.165) is 30.4 Å². The van der Waals surface area contributed by atoms with Gasteiger partial charge in [-0.05, 0) is 43.9 Å². The molecule has 2 aromatic rings. The van der Waals surface area contributed by atoms with Gasteiger partial charge in [-0.3, -0.25) is 9.59 Å². The summed E-state index contributed by atoms with van der Waals surface area (Å²) in [6.07, 6.45) is 2.95. The lowest BCUT2D eigenvalue weighted by Crippen LogP contribution is -2.46. The van der Waals surface area contributed by atoms with E-state index in [1.165, 1.54) is 0 Å². The Morgan fingerprint density at radius 3 is 2.35 bits per heavy atom. The summed E-state index contributed by atoms with van der Waals surface area (Å²) < 4.78 is 27.8. The Kier molecular flexibility index (Phi) is 7.81. The summed E-state index contributed by atoms with van der Waals surface area (Å²) in [7, 11) is -3.59. The van der Waals surface area contributed by atoms with Crippen molar-refractivity contribution in [2.75, 3.05) is 13.1 Å². The Labute approximate surface area is 183 Å². The number of nitrogens with one attached hydrogen (secondary N) is 2. The van der Waals surface area contributed by atoms with Gasteiger partial charge in [0.05, 0.1) is 4.90 Å². The van der Waals surface area contributed by atoms with Crippen LogP contribution in [-0.4, -0.2) is 43.7 Å². The fourth-order valence-electron chi connectivity index (χ4n) is 3.72. The Bertz CT molecular complexity index is 991. The van der Waals surface area contributed by atoms with Gasteiger partial charge in [0.25, 0.3) is 0 Å². The zero-order chi connectivity index (χ0) is 22.3. The standard InChI is InChI=1S/C23H29N3O4S/c1-18-10-12-21(13-11-18)31(29,30)26-16-6-5-9-20(26)14-15-24-22(27)23(28)25-17-19-7-3-2-4-8-19/h2-4,7-8,10-13,20H,5-6,9,14-17H2,1H3,(H,24,27)(H,25,28)/t20-/m1/s1. The van der Waals surface area contributed by atoms with E-state index in [2.05, 4.69) is 10.6 Å². The van der Waals surface area contributed by atoms with Crippen LogP contribution in [0.4, 0.5) is 0 Å². The molecule has 2 N–H and O–H groups in total. The molecule has 1 aliphatic heterocycles. The highest BCUT2D eigenvalue weighted by molar-refractivity contribution is 7.89. The van der Waals surface area contributed by atoms with Crippen molar-refractivity contribution in [3.8, 4) is 0 Å². The average molecular weight is 444 g/mol. The SMILES string of the molecule is Cc1ccc(S(=O)(=O)N2CCCC[C@@H]2CCNC(=O)C(=O)NCc2ccccc2)cc1. The van der Waals surface area contributed by atoms with Crippen molar-refractivity contribution >= 4 is 21.8 Å². The molecule has 0 aromatic heterocycles. The summed E-state index contributed by atoms with van der Waals surface area (Å²) in [5, 5.41) is 5.20. The van der Waals surface area contributed by atoms with Crippen molar-refractivity contribution < 1.29 is 18.0 Å². The number of rotatable bonds is 7. The number of amides is 2. The van der Waals surface area contributed by atoms with E-state index in [9.17, 15) is 18.0 Å². The lowest BCUT2D eigenvalue weighted by molar-refractivity contribution is -0.139. The van der Waals surface area contributed by atoms with Crippen LogP contribution < -0.4 is 10.6 Å². The molecular formula is C23H29N3O4S. The molecule has 0 unspecified atom stereocenters. The minimum absolute atomic E-state index is 0.201. The minimum Gasteiger partial charge on any atom is -0.348 e. The zero-order valence-electron chi connectivity index (χ0n) is 17.7. The van der Waals surface area contributed by atoms with Crippen molar-refractivity contribution in [2.24, 2.45) is 0 Å². The molecule has 2 amide bonds. The van der Waals surface area contributed by atoms with Crippen molar-refractivity contribution in [3.05, 3.63) is 65.7 Å². The Morgan fingerprint density at radius 1 is 0.968 bits per heavy atom. The van der Waals surface area contributed by atoms with Crippen LogP contribution in [0.3, 0.4) is 0 Å². The van der Waals surface area contributed by atoms with Gasteiger partial charge < -0.3 is 10.6 Å². The topological polar surface area (TPSA) is 95.6 Å². The molecule has 1 saturated heterocycles. The lowest BCUT2D eigenvalue weighted by atomic mass is 10.0. The van der Waals surface area contributed by atoms with Crippen LogP contribution >= 0.6 is 0 Å². The molecule has 3 rings (SSSR count). The highest BCUT2D eigenvalue weighted by atomic mass is 32.2. The molecule has 0 saturated carbocycles. The smallest absolute Gasteiger partial charge is 0.309 e. The van der Waals surface area contributed by atoms with Gasteiger partial charge in [0.1, 0.15) is 0 Å². The van der Waals surface area contributed by atoms with Gasteiger partial charge in [-0.15, -0.1) is 0 Å². The van der Waals surface area contributed by atoms with Crippen LogP contribution in [0.2, 0.25) is 0 Å². The summed E-state index contributed by atoms with van der Waals surface area (Å²) in [4.78, 5) is 24.4. The number of aryl methyl sites for hydroxylation is 1.